The molecule has 0 fully saturated rings. The number of nitrogens with zero attached hydrogens (tertiary/aromatic N) is 3. The van der Waals surface area contributed by atoms with Crippen LogP contribution in [0.1, 0.15) is 10.5 Å². The second kappa shape index (κ2) is 6.84. The Morgan fingerprint density at radius 2 is 2.04 bits per heavy atom. The van der Waals surface area contributed by atoms with E-state index in [0.29, 0.717) is 28.2 Å². The van der Waals surface area contributed by atoms with Crippen molar-refractivity contribution in [3.8, 4) is 5.75 Å². The minimum atomic E-state index is -0.295. The van der Waals surface area contributed by atoms with Crippen LogP contribution in [0, 0.1) is 0 Å². The number of hydrogen-bond acceptors (Lipinski definition) is 7. The molecule has 0 atom stereocenters. The molecule has 0 saturated carbocycles. The zero-order chi connectivity index (χ0) is 16.1. The van der Waals surface area contributed by atoms with E-state index in [1.807, 2.05) is 0 Å². The summed E-state index contributed by atoms with van der Waals surface area (Å²) < 4.78 is 5.12. The van der Waals surface area contributed by atoms with E-state index in [4.69, 9.17) is 4.74 Å². The summed E-state index contributed by atoms with van der Waals surface area (Å²) >= 11 is 1.30. The maximum absolute atomic E-state index is 12.2. The molecular formula is C15H13N5O2S. The highest BCUT2D eigenvalue weighted by Crippen LogP contribution is 2.21. The van der Waals surface area contributed by atoms with E-state index in [1.165, 1.54) is 11.3 Å². The molecule has 0 unspecified atom stereocenters. The lowest BCUT2D eigenvalue weighted by Gasteiger charge is -2.05. The fraction of sp³-hybridized carbons (Fsp3) is 0.0667. The second-order valence-electron chi connectivity index (χ2n) is 4.42. The van der Waals surface area contributed by atoms with Crippen LogP contribution in [0.3, 0.4) is 0 Å². The second-order valence-corrected chi connectivity index (χ2v) is 5.28. The van der Waals surface area contributed by atoms with Gasteiger partial charge >= 0.3 is 0 Å². The van der Waals surface area contributed by atoms with Crippen molar-refractivity contribution in [3.63, 3.8) is 0 Å². The van der Waals surface area contributed by atoms with Crippen molar-refractivity contribution in [2.45, 2.75) is 0 Å². The molecule has 1 aromatic carbocycles. The van der Waals surface area contributed by atoms with Gasteiger partial charge in [0.2, 0.25) is 5.95 Å². The molecule has 0 aliphatic carbocycles. The Kier molecular flexibility index (Phi) is 4.44. The van der Waals surface area contributed by atoms with E-state index in [-0.39, 0.29) is 5.91 Å². The van der Waals surface area contributed by atoms with Crippen molar-refractivity contribution < 1.29 is 9.53 Å². The third kappa shape index (κ3) is 3.80. The number of methoxy groups -OCH3 is 1. The minimum Gasteiger partial charge on any atom is -0.497 e. The van der Waals surface area contributed by atoms with Crippen LogP contribution >= 0.6 is 11.3 Å². The molecule has 0 aliphatic rings. The van der Waals surface area contributed by atoms with Gasteiger partial charge in [-0.1, -0.05) is 6.07 Å². The zero-order valence-corrected chi connectivity index (χ0v) is 13.0. The van der Waals surface area contributed by atoms with Gasteiger partial charge in [0, 0.05) is 29.5 Å². The molecule has 0 saturated heterocycles. The number of rotatable bonds is 5. The van der Waals surface area contributed by atoms with E-state index < -0.39 is 0 Å². The van der Waals surface area contributed by atoms with Gasteiger partial charge in [-0.25, -0.2) is 15.0 Å². The average Bonchev–Trinajstić information content (AvgIpc) is 3.04. The van der Waals surface area contributed by atoms with E-state index in [0.717, 1.165) is 0 Å². The number of carbonyl (C=O) groups is 1. The van der Waals surface area contributed by atoms with Crippen LogP contribution in [-0.4, -0.2) is 28.0 Å². The number of thiazole rings is 1. The average molecular weight is 327 g/mol. The summed E-state index contributed by atoms with van der Waals surface area (Å²) in [6.45, 7) is 0. The Bertz CT molecular complexity index is 806. The lowest BCUT2D eigenvalue weighted by molar-refractivity contribution is 0.102. The van der Waals surface area contributed by atoms with Crippen molar-refractivity contribution in [2.75, 3.05) is 17.7 Å². The maximum Gasteiger partial charge on any atom is 0.275 e. The maximum atomic E-state index is 12.2. The molecule has 0 bridgehead atoms. The van der Waals surface area contributed by atoms with Gasteiger partial charge in [0.25, 0.3) is 5.91 Å². The molecule has 0 spiro atoms. The van der Waals surface area contributed by atoms with Crippen LogP contribution in [0.25, 0.3) is 0 Å². The Hall–Kier alpha value is -3.00. The summed E-state index contributed by atoms with van der Waals surface area (Å²) in [5.41, 5.74) is 0.958. The normalized spacial score (nSPS) is 10.1. The number of hydrogen-bond donors (Lipinski definition) is 2. The van der Waals surface area contributed by atoms with Crippen LogP contribution in [-0.2, 0) is 0 Å². The van der Waals surface area contributed by atoms with Crippen LogP contribution in [0.15, 0.2) is 48.1 Å². The fourth-order valence-electron chi connectivity index (χ4n) is 1.79. The molecule has 3 rings (SSSR count). The number of carbonyl (C=O) groups excluding carboxylic acids is 1. The first-order valence-corrected chi connectivity index (χ1v) is 7.57. The first-order valence-electron chi connectivity index (χ1n) is 6.69. The van der Waals surface area contributed by atoms with Crippen molar-refractivity contribution in [2.24, 2.45) is 0 Å². The van der Waals surface area contributed by atoms with Gasteiger partial charge in [-0.3, -0.25) is 4.79 Å². The van der Waals surface area contributed by atoms with Gasteiger partial charge in [-0.2, -0.15) is 0 Å². The highest BCUT2D eigenvalue weighted by Gasteiger charge is 2.12. The van der Waals surface area contributed by atoms with Gasteiger partial charge in [0.15, 0.2) is 5.13 Å². The minimum absolute atomic E-state index is 0.295. The summed E-state index contributed by atoms with van der Waals surface area (Å²) in [5.74, 6) is 0.808. The standard InChI is InChI=1S/C15H13N5O2S/c1-22-11-5-2-4-10(8-11)18-13(21)12-9-23-15(19-12)20-14-16-6-3-7-17-14/h2-9H,1H3,(H,18,21)(H,16,17,19,20). The van der Waals surface area contributed by atoms with Crippen LogP contribution < -0.4 is 15.4 Å². The molecule has 1 amide bonds. The van der Waals surface area contributed by atoms with E-state index >= 15 is 0 Å². The molecule has 23 heavy (non-hydrogen) atoms. The summed E-state index contributed by atoms with van der Waals surface area (Å²) in [5, 5.41) is 7.94. The number of benzene rings is 1. The number of aromatic nitrogens is 3. The molecule has 8 heteroatoms. The molecular weight excluding hydrogens is 314 g/mol. The summed E-state index contributed by atoms with van der Waals surface area (Å²) in [4.78, 5) is 24.5. The summed E-state index contributed by atoms with van der Waals surface area (Å²) in [6, 6.07) is 8.85. The lowest BCUT2D eigenvalue weighted by atomic mass is 10.3. The summed E-state index contributed by atoms with van der Waals surface area (Å²) in [6.07, 6.45) is 3.25. The molecule has 0 radical (unpaired) electrons. The third-order valence-electron chi connectivity index (χ3n) is 2.85. The number of nitrogens with one attached hydrogen (secondary N) is 2. The predicted molar refractivity (Wildman–Crippen MR) is 88.4 cm³/mol. The van der Waals surface area contributed by atoms with Crippen LogP contribution in [0.4, 0.5) is 16.8 Å². The van der Waals surface area contributed by atoms with Crippen LogP contribution in [0.2, 0.25) is 0 Å². The molecule has 2 N–H and O–H groups in total. The topological polar surface area (TPSA) is 89.0 Å². The number of amides is 1. The first-order chi connectivity index (χ1) is 11.2. The molecule has 2 heterocycles. The number of ether oxygens (including phenoxy) is 1. The highest BCUT2D eigenvalue weighted by molar-refractivity contribution is 7.14. The van der Waals surface area contributed by atoms with Gasteiger partial charge in [-0.15, -0.1) is 11.3 Å². The monoisotopic (exact) mass is 327 g/mol. The largest absolute Gasteiger partial charge is 0.497 e. The highest BCUT2D eigenvalue weighted by atomic mass is 32.1. The molecule has 7 nitrogen and oxygen atoms in total. The van der Waals surface area contributed by atoms with E-state index in [9.17, 15) is 4.79 Å². The Morgan fingerprint density at radius 1 is 1.22 bits per heavy atom. The first kappa shape index (κ1) is 14.9. The zero-order valence-electron chi connectivity index (χ0n) is 12.2. The fourth-order valence-corrected chi connectivity index (χ4v) is 2.47. The van der Waals surface area contributed by atoms with Gasteiger partial charge in [0.05, 0.1) is 7.11 Å². The molecule has 0 aliphatic heterocycles. The van der Waals surface area contributed by atoms with Crippen molar-refractivity contribution in [1.82, 2.24) is 15.0 Å². The Balaban J connectivity index is 1.68. The van der Waals surface area contributed by atoms with Crippen LogP contribution in [0.5, 0.6) is 5.75 Å². The van der Waals surface area contributed by atoms with E-state index in [1.54, 1.807) is 55.2 Å². The smallest absolute Gasteiger partial charge is 0.275 e. The Labute approximate surface area is 136 Å². The van der Waals surface area contributed by atoms with E-state index in [2.05, 4.69) is 25.6 Å². The van der Waals surface area contributed by atoms with Crippen molar-refractivity contribution in [3.05, 3.63) is 53.8 Å². The lowest BCUT2D eigenvalue weighted by Crippen LogP contribution is -2.12. The van der Waals surface area contributed by atoms with Gasteiger partial charge < -0.3 is 15.4 Å². The van der Waals surface area contributed by atoms with Crippen molar-refractivity contribution >= 4 is 34.0 Å². The molecule has 116 valence electrons. The quantitative estimate of drug-likeness (QED) is 0.749. The predicted octanol–water partition coefficient (Wildman–Crippen LogP) is 2.94. The number of anilines is 3. The molecule has 2 aromatic heterocycles. The van der Waals surface area contributed by atoms with Gasteiger partial charge in [0.1, 0.15) is 11.4 Å². The summed E-state index contributed by atoms with van der Waals surface area (Å²) in [7, 11) is 1.57. The SMILES string of the molecule is COc1cccc(NC(=O)c2csc(Nc3ncccn3)n2)c1. The molecule has 3 aromatic rings. The third-order valence-corrected chi connectivity index (χ3v) is 3.61. The van der Waals surface area contributed by atoms with Gasteiger partial charge in [-0.05, 0) is 18.2 Å². The Morgan fingerprint density at radius 3 is 2.83 bits per heavy atom. The van der Waals surface area contributed by atoms with Crippen molar-refractivity contribution in [1.29, 1.82) is 0 Å².